The van der Waals surface area contributed by atoms with Crippen LogP contribution in [0.1, 0.15) is 11.7 Å². The summed E-state index contributed by atoms with van der Waals surface area (Å²) in [6, 6.07) is 0. The SMILES string of the molecule is COC(CN)C(=O)NCCc1nc(C)no1. The molecule has 3 N–H and O–H groups in total. The topological polar surface area (TPSA) is 103 Å². The molecule has 1 aromatic rings. The van der Waals surface area contributed by atoms with Gasteiger partial charge in [0.2, 0.25) is 11.8 Å². The summed E-state index contributed by atoms with van der Waals surface area (Å²) >= 11 is 0. The van der Waals surface area contributed by atoms with Crippen LogP contribution >= 0.6 is 0 Å². The van der Waals surface area contributed by atoms with Crippen LogP contribution in [-0.4, -0.2) is 42.4 Å². The maximum atomic E-state index is 11.4. The summed E-state index contributed by atoms with van der Waals surface area (Å²) in [6.07, 6.45) is -0.113. The average molecular weight is 228 g/mol. The molecule has 0 aliphatic rings. The third-order valence-electron chi connectivity index (χ3n) is 2.00. The molecule has 0 aliphatic carbocycles. The maximum Gasteiger partial charge on any atom is 0.250 e. The van der Waals surface area contributed by atoms with Crippen LogP contribution in [0.5, 0.6) is 0 Å². The number of carbonyl (C=O) groups is 1. The van der Waals surface area contributed by atoms with Crippen molar-refractivity contribution in [3.8, 4) is 0 Å². The lowest BCUT2D eigenvalue weighted by molar-refractivity contribution is -0.130. The van der Waals surface area contributed by atoms with E-state index in [0.717, 1.165) is 0 Å². The van der Waals surface area contributed by atoms with Gasteiger partial charge in [-0.3, -0.25) is 4.79 Å². The second-order valence-corrected chi connectivity index (χ2v) is 3.24. The van der Waals surface area contributed by atoms with Crippen LogP contribution in [0.15, 0.2) is 4.52 Å². The van der Waals surface area contributed by atoms with Gasteiger partial charge in [0.05, 0.1) is 0 Å². The molecule has 1 atom stereocenters. The summed E-state index contributed by atoms with van der Waals surface area (Å²) in [5.74, 6) is 0.846. The lowest BCUT2D eigenvalue weighted by Gasteiger charge is -2.11. The third-order valence-corrected chi connectivity index (χ3v) is 2.00. The summed E-state index contributed by atoms with van der Waals surface area (Å²) in [6.45, 7) is 2.31. The minimum absolute atomic E-state index is 0.155. The number of ether oxygens (including phenoxy) is 1. The zero-order valence-electron chi connectivity index (χ0n) is 9.40. The van der Waals surface area contributed by atoms with E-state index in [1.54, 1.807) is 6.92 Å². The Morgan fingerprint density at radius 1 is 1.69 bits per heavy atom. The molecule has 0 saturated carbocycles. The van der Waals surface area contributed by atoms with E-state index in [-0.39, 0.29) is 12.5 Å². The van der Waals surface area contributed by atoms with Crippen molar-refractivity contribution in [2.24, 2.45) is 5.73 Å². The van der Waals surface area contributed by atoms with Gasteiger partial charge in [0.1, 0.15) is 6.10 Å². The van der Waals surface area contributed by atoms with Gasteiger partial charge in [-0.15, -0.1) is 0 Å². The summed E-state index contributed by atoms with van der Waals surface area (Å²) in [5.41, 5.74) is 5.34. The Balaban J connectivity index is 2.27. The number of nitrogens with zero attached hydrogens (tertiary/aromatic N) is 2. The molecule has 0 bridgehead atoms. The van der Waals surface area contributed by atoms with Gasteiger partial charge in [0.15, 0.2) is 5.82 Å². The number of nitrogens with one attached hydrogen (secondary N) is 1. The second kappa shape index (κ2) is 6.19. The fourth-order valence-electron chi connectivity index (χ4n) is 1.16. The molecule has 7 nitrogen and oxygen atoms in total. The number of aromatic nitrogens is 2. The van der Waals surface area contributed by atoms with Gasteiger partial charge in [-0.25, -0.2) is 0 Å². The van der Waals surface area contributed by atoms with Crippen molar-refractivity contribution in [3.63, 3.8) is 0 Å². The predicted octanol–water partition coefficient (Wildman–Crippen LogP) is -0.990. The van der Waals surface area contributed by atoms with Crippen LogP contribution in [0, 0.1) is 6.92 Å². The second-order valence-electron chi connectivity index (χ2n) is 3.24. The zero-order valence-corrected chi connectivity index (χ0v) is 9.40. The molecule has 0 aliphatic heterocycles. The summed E-state index contributed by atoms with van der Waals surface area (Å²) in [5, 5.41) is 6.31. The van der Waals surface area contributed by atoms with Crippen molar-refractivity contribution in [2.45, 2.75) is 19.4 Å². The Morgan fingerprint density at radius 3 is 2.94 bits per heavy atom. The lowest BCUT2D eigenvalue weighted by atomic mass is 10.3. The molecule has 90 valence electrons. The predicted molar refractivity (Wildman–Crippen MR) is 55.6 cm³/mol. The van der Waals surface area contributed by atoms with Crippen LogP contribution in [-0.2, 0) is 16.0 Å². The summed E-state index contributed by atoms with van der Waals surface area (Å²) in [7, 11) is 1.44. The molecule has 0 radical (unpaired) electrons. The van der Waals surface area contributed by atoms with E-state index >= 15 is 0 Å². The van der Waals surface area contributed by atoms with Crippen LogP contribution in [0.3, 0.4) is 0 Å². The molecule has 1 amide bonds. The molecule has 1 aromatic heterocycles. The van der Waals surface area contributed by atoms with Crippen LogP contribution in [0.4, 0.5) is 0 Å². The molecule has 0 saturated heterocycles. The Kier molecular flexibility index (Phi) is 4.87. The van der Waals surface area contributed by atoms with Crippen molar-refractivity contribution >= 4 is 5.91 Å². The Morgan fingerprint density at radius 2 is 2.44 bits per heavy atom. The quantitative estimate of drug-likeness (QED) is 0.648. The van der Waals surface area contributed by atoms with Crippen LogP contribution in [0.2, 0.25) is 0 Å². The van der Waals surface area contributed by atoms with E-state index in [2.05, 4.69) is 15.5 Å². The minimum Gasteiger partial charge on any atom is -0.370 e. The molecule has 7 heteroatoms. The zero-order chi connectivity index (χ0) is 12.0. The molecule has 0 spiro atoms. The van der Waals surface area contributed by atoms with E-state index in [1.807, 2.05) is 0 Å². The van der Waals surface area contributed by atoms with Crippen molar-refractivity contribution in [3.05, 3.63) is 11.7 Å². The number of methoxy groups -OCH3 is 1. The van der Waals surface area contributed by atoms with Crippen LogP contribution in [0.25, 0.3) is 0 Å². The smallest absolute Gasteiger partial charge is 0.250 e. The molecular formula is C9H16N4O3. The summed E-state index contributed by atoms with van der Waals surface area (Å²) < 4.78 is 9.77. The lowest BCUT2D eigenvalue weighted by Crippen LogP contribution is -2.41. The van der Waals surface area contributed by atoms with Crippen molar-refractivity contribution in [2.75, 3.05) is 20.2 Å². The Hall–Kier alpha value is -1.47. The number of amides is 1. The highest BCUT2D eigenvalue weighted by atomic mass is 16.5. The van der Waals surface area contributed by atoms with Crippen molar-refractivity contribution < 1.29 is 14.1 Å². The molecule has 16 heavy (non-hydrogen) atoms. The monoisotopic (exact) mass is 228 g/mol. The Bertz CT molecular complexity index is 335. The Labute approximate surface area is 93.3 Å². The van der Waals surface area contributed by atoms with Gasteiger partial charge in [0.25, 0.3) is 0 Å². The standard InChI is InChI=1S/C9H16N4O3/c1-6-12-8(16-13-6)3-4-11-9(14)7(5-10)15-2/h7H,3-5,10H2,1-2H3,(H,11,14). The molecular weight excluding hydrogens is 212 g/mol. The number of hydrogen-bond donors (Lipinski definition) is 2. The highest BCUT2D eigenvalue weighted by Gasteiger charge is 2.15. The number of hydrogen-bond acceptors (Lipinski definition) is 6. The van der Waals surface area contributed by atoms with Gasteiger partial charge in [-0.05, 0) is 6.92 Å². The average Bonchev–Trinajstić information content (AvgIpc) is 2.66. The fourth-order valence-corrected chi connectivity index (χ4v) is 1.16. The normalized spacial score (nSPS) is 12.4. The molecule has 0 fully saturated rings. The third kappa shape index (κ3) is 3.59. The number of rotatable bonds is 6. The summed E-state index contributed by atoms with van der Waals surface area (Å²) in [4.78, 5) is 15.4. The van der Waals surface area contributed by atoms with Crippen molar-refractivity contribution in [1.82, 2.24) is 15.5 Å². The largest absolute Gasteiger partial charge is 0.370 e. The fraction of sp³-hybridized carbons (Fsp3) is 0.667. The van der Waals surface area contributed by atoms with Gasteiger partial charge >= 0.3 is 0 Å². The number of nitrogens with two attached hydrogens (primary N) is 1. The molecule has 1 rings (SSSR count). The minimum atomic E-state index is -0.607. The maximum absolute atomic E-state index is 11.4. The van der Waals surface area contributed by atoms with E-state index < -0.39 is 6.10 Å². The van der Waals surface area contributed by atoms with Gasteiger partial charge < -0.3 is 20.3 Å². The number of carbonyl (C=O) groups excluding carboxylic acids is 1. The first-order valence-corrected chi connectivity index (χ1v) is 4.97. The highest BCUT2D eigenvalue weighted by Crippen LogP contribution is 1.96. The van der Waals surface area contributed by atoms with Crippen LogP contribution < -0.4 is 11.1 Å². The van der Waals surface area contributed by atoms with Crippen molar-refractivity contribution in [1.29, 1.82) is 0 Å². The first kappa shape index (κ1) is 12.6. The van der Waals surface area contributed by atoms with E-state index in [1.165, 1.54) is 7.11 Å². The van der Waals surface area contributed by atoms with E-state index in [9.17, 15) is 4.79 Å². The molecule has 0 aromatic carbocycles. The van der Waals surface area contributed by atoms with Gasteiger partial charge in [-0.2, -0.15) is 4.98 Å². The van der Waals surface area contributed by atoms with Gasteiger partial charge in [-0.1, -0.05) is 5.16 Å². The number of aryl methyl sites for hydroxylation is 1. The van der Waals surface area contributed by atoms with E-state index in [0.29, 0.717) is 24.7 Å². The first-order valence-electron chi connectivity index (χ1n) is 4.97. The van der Waals surface area contributed by atoms with Gasteiger partial charge in [0, 0.05) is 26.6 Å². The first-order chi connectivity index (χ1) is 7.67. The van der Waals surface area contributed by atoms with E-state index in [4.69, 9.17) is 15.0 Å². The highest BCUT2D eigenvalue weighted by molar-refractivity contribution is 5.80. The molecule has 1 heterocycles. The molecule has 1 unspecified atom stereocenters.